The Bertz CT molecular complexity index is 302. The zero-order chi connectivity index (χ0) is 10.7. The summed E-state index contributed by atoms with van der Waals surface area (Å²) in [4.78, 5) is 0. The van der Waals surface area contributed by atoms with Gasteiger partial charge in [-0.25, -0.2) is 0 Å². The van der Waals surface area contributed by atoms with Crippen LogP contribution >= 0.6 is 0 Å². The molecule has 0 saturated heterocycles. The number of rotatable bonds is 4. The molecule has 0 spiro atoms. The Kier molecular flexibility index (Phi) is 3.55. The molecule has 1 aromatic rings. The van der Waals surface area contributed by atoms with E-state index in [4.69, 9.17) is 0 Å². The lowest BCUT2D eigenvalue weighted by Gasteiger charge is -2.08. The quantitative estimate of drug-likeness (QED) is 0.804. The summed E-state index contributed by atoms with van der Waals surface area (Å²) in [5, 5.41) is 14.3. The lowest BCUT2D eigenvalue weighted by Crippen LogP contribution is -2.05. The maximum absolute atomic E-state index is 9.92. The highest BCUT2D eigenvalue weighted by Gasteiger charge is 2.17. The molecule has 1 rings (SSSR count). The van der Waals surface area contributed by atoms with Crippen molar-refractivity contribution in [1.29, 1.82) is 0 Å². The summed E-state index contributed by atoms with van der Waals surface area (Å²) in [6, 6.07) is 0. The molecule has 3 nitrogen and oxygen atoms in total. The van der Waals surface area contributed by atoms with Crippen LogP contribution in [0.25, 0.3) is 0 Å². The third-order valence-electron chi connectivity index (χ3n) is 2.35. The average Bonchev–Trinajstić information content (AvgIpc) is 2.43. The first-order chi connectivity index (χ1) is 6.61. The SMILES string of the molecule is CCCn1nc(CC)c(O)c1C(C)C. The van der Waals surface area contributed by atoms with E-state index in [1.807, 2.05) is 11.6 Å². The van der Waals surface area contributed by atoms with E-state index in [0.717, 1.165) is 30.8 Å². The van der Waals surface area contributed by atoms with E-state index in [1.165, 1.54) is 0 Å². The van der Waals surface area contributed by atoms with Gasteiger partial charge in [0.2, 0.25) is 0 Å². The van der Waals surface area contributed by atoms with Crippen molar-refractivity contribution in [2.45, 2.75) is 53.0 Å². The van der Waals surface area contributed by atoms with E-state index in [-0.39, 0.29) is 0 Å². The van der Waals surface area contributed by atoms with Crippen LogP contribution in [0.4, 0.5) is 0 Å². The number of aryl methyl sites for hydroxylation is 2. The van der Waals surface area contributed by atoms with Crippen molar-refractivity contribution in [2.24, 2.45) is 0 Å². The van der Waals surface area contributed by atoms with Gasteiger partial charge in [-0.2, -0.15) is 5.10 Å². The van der Waals surface area contributed by atoms with Crippen LogP contribution in [0.1, 0.15) is 51.4 Å². The van der Waals surface area contributed by atoms with Gasteiger partial charge in [0.15, 0.2) is 5.75 Å². The largest absolute Gasteiger partial charge is 0.504 e. The van der Waals surface area contributed by atoms with Crippen molar-refractivity contribution in [3.8, 4) is 5.75 Å². The third-order valence-corrected chi connectivity index (χ3v) is 2.35. The first kappa shape index (κ1) is 11.1. The van der Waals surface area contributed by atoms with E-state index < -0.39 is 0 Å². The van der Waals surface area contributed by atoms with Crippen LogP contribution in [-0.4, -0.2) is 14.9 Å². The molecular formula is C11H20N2O. The van der Waals surface area contributed by atoms with E-state index >= 15 is 0 Å². The summed E-state index contributed by atoms with van der Waals surface area (Å²) in [6.07, 6.45) is 1.84. The van der Waals surface area contributed by atoms with Crippen molar-refractivity contribution in [2.75, 3.05) is 0 Å². The van der Waals surface area contributed by atoms with Gasteiger partial charge in [0.1, 0.15) is 5.69 Å². The Labute approximate surface area is 85.8 Å². The smallest absolute Gasteiger partial charge is 0.160 e. The maximum Gasteiger partial charge on any atom is 0.160 e. The molecule has 1 N–H and O–H groups in total. The summed E-state index contributed by atoms with van der Waals surface area (Å²) < 4.78 is 1.94. The van der Waals surface area contributed by atoms with Gasteiger partial charge in [-0.15, -0.1) is 0 Å². The Morgan fingerprint density at radius 2 is 2.00 bits per heavy atom. The predicted octanol–water partition coefficient (Wildman–Crippen LogP) is 2.68. The molecule has 0 unspecified atom stereocenters. The first-order valence-electron chi connectivity index (χ1n) is 5.40. The summed E-state index contributed by atoms with van der Waals surface area (Å²) in [6.45, 7) is 9.20. The highest BCUT2D eigenvalue weighted by atomic mass is 16.3. The summed E-state index contributed by atoms with van der Waals surface area (Å²) in [5.74, 6) is 0.727. The summed E-state index contributed by atoms with van der Waals surface area (Å²) in [5.41, 5.74) is 1.80. The highest BCUT2D eigenvalue weighted by Crippen LogP contribution is 2.29. The van der Waals surface area contributed by atoms with E-state index in [1.54, 1.807) is 0 Å². The molecule has 0 aliphatic carbocycles. The van der Waals surface area contributed by atoms with Gasteiger partial charge in [-0.1, -0.05) is 27.7 Å². The van der Waals surface area contributed by atoms with Gasteiger partial charge < -0.3 is 5.11 Å². The minimum Gasteiger partial charge on any atom is -0.504 e. The molecule has 0 amide bonds. The van der Waals surface area contributed by atoms with Crippen molar-refractivity contribution in [1.82, 2.24) is 9.78 Å². The van der Waals surface area contributed by atoms with Crippen LogP contribution in [0.15, 0.2) is 0 Å². The van der Waals surface area contributed by atoms with Crippen molar-refractivity contribution in [3.63, 3.8) is 0 Å². The fraction of sp³-hybridized carbons (Fsp3) is 0.727. The van der Waals surface area contributed by atoms with Gasteiger partial charge in [0.25, 0.3) is 0 Å². The van der Waals surface area contributed by atoms with Crippen LogP contribution < -0.4 is 0 Å². The molecular weight excluding hydrogens is 176 g/mol. The fourth-order valence-corrected chi connectivity index (χ4v) is 1.71. The minimum absolute atomic E-state index is 0.328. The molecule has 1 aromatic heterocycles. The second-order valence-corrected chi connectivity index (χ2v) is 3.91. The van der Waals surface area contributed by atoms with Crippen LogP contribution in [0, 0.1) is 0 Å². The predicted molar refractivity (Wildman–Crippen MR) is 57.6 cm³/mol. The lowest BCUT2D eigenvalue weighted by atomic mass is 10.1. The van der Waals surface area contributed by atoms with Crippen molar-refractivity contribution in [3.05, 3.63) is 11.4 Å². The topological polar surface area (TPSA) is 38.0 Å². The van der Waals surface area contributed by atoms with Crippen LogP contribution in [-0.2, 0) is 13.0 Å². The Balaban J connectivity index is 3.13. The second-order valence-electron chi connectivity index (χ2n) is 3.91. The average molecular weight is 196 g/mol. The van der Waals surface area contributed by atoms with Gasteiger partial charge in [-0.3, -0.25) is 4.68 Å². The van der Waals surface area contributed by atoms with Crippen LogP contribution in [0.2, 0.25) is 0 Å². The molecule has 0 radical (unpaired) electrons. The number of hydrogen-bond donors (Lipinski definition) is 1. The van der Waals surface area contributed by atoms with Gasteiger partial charge >= 0.3 is 0 Å². The molecule has 0 aromatic carbocycles. The van der Waals surface area contributed by atoms with E-state index in [9.17, 15) is 5.11 Å². The monoisotopic (exact) mass is 196 g/mol. The Morgan fingerprint density at radius 1 is 1.36 bits per heavy atom. The Morgan fingerprint density at radius 3 is 2.43 bits per heavy atom. The fourth-order valence-electron chi connectivity index (χ4n) is 1.71. The first-order valence-corrected chi connectivity index (χ1v) is 5.40. The lowest BCUT2D eigenvalue weighted by molar-refractivity contribution is 0.452. The highest BCUT2D eigenvalue weighted by molar-refractivity contribution is 5.34. The van der Waals surface area contributed by atoms with Gasteiger partial charge in [0.05, 0.1) is 5.69 Å². The zero-order valence-corrected chi connectivity index (χ0v) is 9.54. The third kappa shape index (κ3) is 1.91. The van der Waals surface area contributed by atoms with Crippen molar-refractivity contribution >= 4 is 0 Å². The molecule has 3 heteroatoms. The van der Waals surface area contributed by atoms with E-state index in [2.05, 4.69) is 25.9 Å². The number of nitrogens with zero attached hydrogens (tertiary/aromatic N) is 2. The van der Waals surface area contributed by atoms with Crippen LogP contribution in [0.3, 0.4) is 0 Å². The number of aromatic nitrogens is 2. The molecule has 0 saturated carbocycles. The molecule has 0 fully saturated rings. The number of hydrogen-bond acceptors (Lipinski definition) is 2. The molecule has 0 atom stereocenters. The van der Waals surface area contributed by atoms with Gasteiger partial charge in [0, 0.05) is 6.54 Å². The normalized spacial score (nSPS) is 11.2. The number of aromatic hydroxyl groups is 1. The minimum atomic E-state index is 0.328. The zero-order valence-electron chi connectivity index (χ0n) is 9.54. The molecule has 14 heavy (non-hydrogen) atoms. The summed E-state index contributed by atoms with van der Waals surface area (Å²) >= 11 is 0. The standard InChI is InChI=1S/C11H20N2O/c1-5-7-13-10(8(3)4)11(14)9(6-2)12-13/h8,14H,5-7H2,1-4H3. The molecule has 0 aliphatic rings. The second kappa shape index (κ2) is 4.49. The molecule has 0 bridgehead atoms. The Hall–Kier alpha value is -0.990. The van der Waals surface area contributed by atoms with Crippen LogP contribution in [0.5, 0.6) is 5.75 Å². The van der Waals surface area contributed by atoms with Gasteiger partial charge in [-0.05, 0) is 18.8 Å². The maximum atomic E-state index is 9.92. The van der Waals surface area contributed by atoms with Crippen molar-refractivity contribution < 1.29 is 5.11 Å². The molecule has 0 aliphatic heterocycles. The molecule has 80 valence electrons. The summed E-state index contributed by atoms with van der Waals surface area (Å²) in [7, 11) is 0. The van der Waals surface area contributed by atoms with E-state index in [0.29, 0.717) is 11.7 Å². The molecule has 1 heterocycles.